The summed E-state index contributed by atoms with van der Waals surface area (Å²) in [4.78, 5) is 27.1. The zero-order chi connectivity index (χ0) is 21.7. The molecule has 0 spiro atoms. The van der Waals surface area contributed by atoms with Crippen LogP contribution in [0.2, 0.25) is 5.02 Å². The zero-order valence-electron chi connectivity index (χ0n) is 16.8. The van der Waals surface area contributed by atoms with Crippen molar-refractivity contribution in [3.8, 4) is 5.75 Å². The fourth-order valence-corrected chi connectivity index (χ4v) is 3.16. The highest BCUT2D eigenvalue weighted by Crippen LogP contribution is 2.29. The number of amides is 1. The number of nitrogen functional groups attached to an aromatic ring is 1. The van der Waals surface area contributed by atoms with Gasteiger partial charge in [0.15, 0.2) is 6.10 Å². The monoisotopic (exact) mass is 433 g/mol. The fraction of sp³-hybridized carbons (Fsp3) is 0.333. The zero-order valence-corrected chi connectivity index (χ0v) is 17.6. The lowest BCUT2D eigenvalue weighted by molar-refractivity contribution is -0.123. The summed E-state index contributed by atoms with van der Waals surface area (Å²) in [5.74, 6) is -0.977. The summed E-state index contributed by atoms with van der Waals surface area (Å²) in [5, 5.41) is 2.94. The molecular weight excluding hydrogens is 410 g/mol. The lowest BCUT2D eigenvalue weighted by atomic mass is 10.2. The van der Waals surface area contributed by atoms with Crippen molar-refractivity contribution in [3.05, 3.63) is 47.0 Å². The van der Waals surface area contributed by atoms with E-state index in [0.29, 0.717) is 18.9 Å². The van der Waals surface area contributed by atoms with E-state index in [4.69, 9.17) is 31.5 Å². The number of nitrogens with zero attached hydrogens (tertiary/aromatic N) is 1. The molecule has 1 aliphatic rings. The third-order valence-electron chi connectivity index (χ3n) is 4.70. The smallest absolute Gasteiger partial charge is 0.342 e. The molecule has 3 rings (SSSR count). The quantitative estimate of drug-likeness (QED) is 0.533. The third kappa shape index (κ3) is 5.14. The molecule has 0 aliphatic carbocycles. The number of anilines is 3. The van der Waals surface area contributed by atoms with Crippen LogP contribution in [-0.2, 0) is 14.3 Å². The van der Waals surface area contributed by atoms with Crippen LogP contribution in [0.15, 0.2) is 36.4 Å². The van der Waals surface area contributed by atoms with E-state index in [9.17, 15) is 9.59 Å². The highest BCUT2D eigenvalue weighted by Gasteiger charge is 2.23. The highest BCUT2D eigenvalue weighted by atomic mass is 35.5. The molecule has 9 heteroatoms. The number of hydrogen-bond acceptors (Lipinski definition) is 7. The molecule has 1 aliphatic heterocycles. The van der Waals surface area contributed by atoms with Crippen LogP contribution >= 0.6 is 11.6 Å². The summed E-state index contributed by atoms with van der Waals surface area (Å²) < 4.78 is 15.8. The molecule has 1 unspecified atom stereocenters. The number of carbonyl (C=O) groups is 2. The molecule has 30 heavy (non-hydrogen) atoms. The number of ether oxygens (including phenoxy) is 3. The third-order valence-corrected chi connectivity index (χ3v) is 5.03. The van der Waals surface area contributed by atoms with Gasteiger partial charge in [0, 0.05) is 30.5 Å². The topological polar surface area (TPSA) is 103 Å². The molecule has 0 aromatic heterocycles. The summed E-state index contributed by atoms with van der Waals surface area (Å²) in [6, 6.07) is 10.3. The number of benzene rings is 2. The van der Waals surface area contributed by atoms with Crippen LogP contribution in [0.25, 0.3) is 0 Å². The van der Waals surface area contributed by atoms with Gasteiger partial charge in [0.05, 0.1) is 31.0 Å². The average molecular weight is 434 g/mol. The van der Waals surface area contributed by atoms with Gasteiger partial charge in [0.25, 0.3) is 5.91 Å². The first kappa shape index (κ1) is 21.7. The normalized spacial score (nSPS) is 14.7. The summed E-state index contributed by atoms with van der Waals surface area (Å²) in [6.45, 7) is 4.55. The molecule has 160 valence electrons. The van der Waals surface area contributed by atoms with Gasteiger partial charge in [0.2, 0.25) is 0 Å². The van der Waals surface area contributed by atoms with E-state index in [-0.39, 0.29) is 22.0 Å². The van der Waals surface area contributed by atoms with Crippen LogP contribution < -0.4 is 20.7 Å². The predicted molar refractivity (Wildman–Crippen MR) is 115 cm³/mol. The van der Waals surface area contributed by atoms with Crippen molar-refractivity contribution in [2.75, 3.05) is 49.4 Å². The maximum atomic E-state index is 12.5. The van der Waals surface area contributed by atoms with Crippen LogP contribution in [0.5, 0.6) is 5.75 Å². The Hall–Kier alpha value is -2.97. The van der Waals surface area contributed by atoms with Crippen LogP contribution in [0.1, 0.15) is 17.3 Å². The number of morpholine rings is 1. The Balaban J connectivity index is 1.60. The van der Waals surface area contributed by atoms with Gasteiger partial charge in [-0.05, 0) is 37.3 Å². The highest BCUT2D eigenvalue weighted by molar-refractivity contribution is 6.33. The fourth-order valence-electron chi connectivity index (χ4n) is 3.00. The second-order valence-electron chi connectivity index (χ2n) is 6.76. The number of nitrogens with two attached hydrogens (primary N) is 1. The van der Waals surface area contributed by atoms with Crippen LogP contribution in [0.3, 0.4) is 0 Å². The van der Waals surface area contributed by atoms with Crippen LogP contribution in [0, 0.1) is 0 Å². The Morgan fingerprint density at radius 3 is 2.50 bits per heavy atom. The van der Waals surface area contributed by atoms with Gasteiger partial charge in [0.1, 0.15) is 11.3 Å². The standard InChI is InChI=1S/C21H24ClN3O5/c1-13(30-21(27)16-11-17(22)18(23)12-19(16)28-2)20(26)24-14-3-5-15(6-4-14)25-7-9-29-10-8-25/h3-6,11-13H,7-10,23H2,1-2H3,(H,24,26). The van der Waals surface area contributed by atoms with E-state index < -0.39 is 18.0 Å². The lowest BCUT2D eigenvalue weighted by Gasteiger charge is -2.28. The van der Waals surface area contributed by atoms with Gasteiger partial charge in [-0.3, -0.25) is 4.79 Å². The molecule has 2 aromatic rings. The molecule has 0 saturated carbocycles. The van der Waals surface area contributed by atoms with Crippen molar-refractivity contribution in [2.45, 2.75) is 13.0 Å². The minimum atomic E-state index is -1.03. The molecule has 3 N–H and O–H groups in total. The number of carbonyl (C=O) groups excluding carboxylic acids is 2. The maximum absolute atomic E-state index is 12.5. The van der Waals surface area contributed by atoms with Crippen molar-refractivity contribution in [3.63, 3.8) is 0 Å². The number of halogens is 1. The Morgan fingerprint density at radius 2 is 1.87 bits per heavy atom. The molecule has 1 saturated heterocycles. The van der Waals surface area contributed by atoms with E-state index in [2.05, 4.69) is 10.2 Å². The lowest BCUT2D eigenvalue weighted by Crippen LogP contribution is -2.36. The molecule has 1 fully saturated rings. The number of nitrogens with one attached hydrogen (secondary N) is 1. The molecular formula is C21H24ClN3O5. The predicted octanol–water partition coefficient (Wildman–Crippen LogP) is 2.95. The van der Waals surface area contributed by atoms with Crippen molar-refractivity contribution in [1.29, 1.82) is 0 Å². The molecule has 1 atom stereocenters. The number of hydrogen-bond donors (Lipinski definition) is 2. The van der Waals surface area contributed by atoms with Gasteiger partial charge in [-0.2, -0.15) is 0 Å². The van der Waals surface area contributed by atoms with E-state index in [0.717, 1.165) is 18.8 Å². The minimum absolute atomic E-state index is 0.0891. The van der Waals surface area contributed by atoms with E-state index in [1.807, 2.05) is 12.1 Å². The van der Waals surface area contributed by atoms with Gasteiger partial charge >= 0.3 is 5.97 Å². The Labute approximate surface area is 179 Å². The molecule has 0 bridgehead atoms. The summed E-state index contributed by atoms with van der Waals surface area (Å²) >= 11 is 5.98. The van der Waals surface area contributed by atoms with Crippen molar-refractivity contribution < 1.29 is 23.8 Å². The van der Waals surface area contributed by atoms with Gasteiger partial charge < -0.3 is 30.2 Å². The maximum Gasteiger partial charge on any atom is 0.342 e. The van der Waals surface area contributed by atoms with Gasteiger partial charge in [-0.1, -0.05) is 11.6 Å². The van der Waals surface area contributed by atoms with Crippen molar-refractivity contribution >= 4 is 40.5 Å². The Kier molecular flexibility index (Phi) is 7.02. The average Bonchev–Trinajstić information content (AvgIpc) is 2.76. The molecule has 2 aromatic carbocycles. The second-order valence-corrected chi connectivity index (χ2v) is 7.16. The summed E-state index contributed by atoms with van der Waals surface area (Å²) in [7, 11) is 1.40. The second kappa shape index (κ2) is 9.69. The van der Waals surface area contributed by atoms with E-state index >= 15 is 0 Å². The van der Waals surface area contributed by atoms with Gasteiger partial charge in [-0.15, -0.1) is 0 Å². The van der Waals surface area contributed by atoms with Crippen molar-refractivity contribution in [1.82, 2.24) is 0 Å². The summed E-state index contributed by atoms with van der Waals surface area (Å²) in [6.07, 6.45) is -1.03. The first-order valence-corrected chi connectivity index (χ1v) is 9.84. The van der Waals surface area contributed by atoms with E-state index in [1.54, 1.807) is 12.1 Å². The molecule has 8 nitrogen and oxygen atoms in total. The summed E-state index contributed by atoms with van der Waals surface area (Å²) in [5.41, 5.74) is 7.75. The van der Waals surface area contributed by atoms with Gasteiger partial charge in [-0.25, -0.2) is 4.79 Å². The van der Waals surface area contributed by atoms with E-state index in [1.165, 1.54) is 26.2 Å². The Morgan fingerprint density at radius 1 is 1.20 bits per heavy atom. The largest absolute Gasteiger partial charge is 0.496 e. The van der Waals surface area contributed by atoms with Crippen molar-refractivity contribution in [2.24, 2.45) is 0 Å². The molecule has 0 radical (unpaired) electrons. The first-order chi connectivity index (χ1) is 14.4. The van der Waals surface area contributed by atoms with Crippen LogP contribution in [0.4, 0.5) is 17.1 Å². The Bertz CT molecular complexity index is 914. The number of rotatable bonds is 6. The molecule has 1 amide bonds. The SMILES string of the molecule is COc1cc(N)c(Cl)cc1C(=O)OC(C)C(=O)Nc1ccc(N2CCOCC2)cc1. The number of esters is 1. The minimum Gasteiger partial charge on any atom is -0.496 e. The van der Waals surface area contributed by atoms with Crippen LogP contribution in [-0.4, -0.2) is 51.4 Å². The first-order valence-electron chi connectivity index (χ1n) is 9.46. The molecule has 1 heterocycles. The number of methoxy groups -OCH3 is 1.